The molecule has 3 aromatic rings. The predicted octanol–water partition coefficient (Wildman–Crippen LogP) is 2.62. The Hall–Kier alpha value is -2.16. The number of H-pyrrole nitrogens is 1. The lowest BCUT2D eigenvalue weighted by Crippen LogP contribution is -1.86. The number of rotatable bonds is 1. The van der Waals surface area contributed by atoms with E-state index >= 15 is 0 Å². The molecular weight excluding hydrogens is 186 g/mol. The van der Waals surface area contributed by atoms with Crippen LogP contribution in [0.25, 0.3) is 22.3 Å². The number of nitrogens with one attached hydrogen (secondary N) is 1. The van der Waals surface area contributed by atoms with E-state index in [0.717, 1.165) is 22.3 Å². The fraction of sp³-hybridized carbons (Fsp3) is 0. The fourth-order valence-electron chi connectivity index (χ4n) is 1.72. The van der Waals surface area contributed by atoms with Crippen LogP contribution in [0.2, 0.25) is 0 Å². The molecule has 1 aromatic carbocycles. The van der Waals surface area contributed by atoms with Gasteiger partial charge in [-0.3, -0.25) is 0 Å². The molecule has 0 saturated carbocycles. The molecule has 0 unspecified atom stereocenters. The summed E-state index contributed by atoms with van der Waals surface area (Å²) >= 11 is 0. The third-order valence-electron chi connectivity index (χ3n) is 2.40. The summed E-state index contributed by atoms with van der Waals surface area (Å²) in [6.45, 7) is 0. The molecule has 0 atom stereocenters. The molecule has 0 aliphatic carbocycles. The molecule has 0 radical (unpaired) electrons. The smallest absolute Gasteiger partial charge is 0.159 e. The SMILES string of the molecule is c1cnc(-c2cccc3[nH]ccc23)nc1. The van der Waals surface area contributed by atoms with E-state index in [1.54, 1.807) is 12.4 Å². The van der Waals surface area contributed by atoms with Crippen molar-refractivity contribution in [3.8, 4) is 11.4 Å². The van der Waals surface area contributed by atoms with Crippen molar-refractivity contribution in [1.29, 1.82) is 0 Å². The second kappa shape index (κ2) is 3.20. The minimum atomic E-state index is 0.766. The summed E-state index contributed by atoms with van der Waals surface area (Å²) in [7, 11) is 0. The van der Waals surface area contributed by atoms with Crippen LogP contribution in [0.5, 0.6) is 0 Å². The molecule has 0 spiro atoms. The molecule has 2 aromatic heterocycles. The lowest BCUT2D eigenvalue weighted by Gasteiger charge is -2.00. The molecule has 72 valence electrons. The highest BCUT2D eigenvalue weighted by atomic mass is 14.9. The molecule has 0 saturated heterocycles. The zero-order chi connectivity index (χ0) is 10.1. The topological polar surface area (TPSA) is 41.6 Å². The lowest BCUT2D eigenvalue weighted by atomic mass is 10.1. The second-order valence-corrected chi connectivity index (χ2v) is 3.32. The maximum atomic E-state index is 4.25. The number of hydrogen-bond donors (Lipinski definition) is 1. The van der Waals surface area contributed by atoms with E-state index < -0.39 is 0 Å². The van der Waals surface area contributed by atoms with Crippen molar-refractivity contribution in [1.82, 2.24) is 15.0 Å². The van der Waals surface area contributed by atoms with Gasteiger partial charge < -0.3 is 4.98 Å². The third kappa shape index (κ3) is 1.29. The zero-order valence-electron chi connectivity index (χ0n) is 8.01. The first kappa shape index (κ1) is 8.17. The van der Waals surface area contributed by atoms with Gasteiger partial charge in [-0.1, -0.05) is 12.1 Å². The minimum absolute atomic E-state index is 0.766. The Balaban J connectivity index is 2.31. The van der Waals surface area contributed by atoms with Crippen LogP contribution in [0.3, 0.4) is 0 Å². The van der Waals surface area contributed by atoms with Crippen LogP contribution >= 0.6 is 0 Å². The largest absolute Gasteiger partial charge is 0.361 e. The number of hydrogen-bond acceptors (Lipinski definition) is 2. The first-order chi connectivity index (χ1) is 7.45. The first-order valence-electron chi connectivity index (χ1n) is 4.78. The van der Waals surface area contributed by atoms with E-state index in [1.165, 1.54) is 0 Å². The van der Waals surface area contributed by atoms with Gasteiger partial charge in [-0.05, 0) is 18.2 Å². The van der Waals surface area contributed by atoms with Gasteiger partial charge in [0.2, 0.25) is 0 Å². The standard InChI is InChI=1S/C12H9N3/c1-3-10(12-14-6-2-7-15-12)9-5-8-13-11(9)4-1/h1-8,13H. The van der Waals surface area contributed by atoms with Crippen LogP contribution in [0.4, 0.5) is 0 Å². The minimum Gasteiger partial charge on any atom is -0.361 e. The number of benzene rings is 1. The number of aromatic nitrogens is 3. The lowest BCUT2D eigenvalue weighted by molar-refractivity contribution is 1.18. The highest BCUT2D eigenvalue weighted by Gasteiger charge is 2.05. The Morgan fingerprint density at radius 2 is 1.80 bits per heavy atom. The molecule has 3 nitrogen and oxygen atoms in total. The summed E-state index contributed by atoms with van der Waals surface area (Å²) in [5, 5.41) is 1.16. The van der Waals surface area contributed by atoms with E-state index in [2.05, 4.69) is 15.0 Å². The summed E-state index contributed by atoms with van der Waals surface area (Å²) in [6, 6.07) is 9.94. The normalized spacial score (nSPS) is 10.7. The predicted molar refractivity (Wildman–Crippen MR) is 59.3 cm³/mol. The van der Waals surface area contributed by atoms with Crippen LogP contribution in [0.15, 0.2) is 48.9 Å². The molecule has 0 bridgehead atoms. The summed E-state index contributed by atoms with van der Waals surface area (Å²) in [5.74, 6) is 0.766. The molecule has 2 heterocycles. The van der Waals surface area contributed by atoms with Crippen LogP contribution in [-0.2, 0) is 0 Å². The molecular formula is C12H9N3. The fourth-order valence-corrected chi connectivity index (χ4v) is 1.72. The zero-order valence-corrected chi connectivity index (χ0v) is 8.01. The van der Waals surface area contributed by atoms with Gasteiger partial charge in [0.15, 0.2) is 5.82 Å². The maximum Gasteiger partial charge on any atom is 0.159 e. The van der Waals surface area contributed by atoms with Crippen LogP contribution in [0, 0.1) is 0 Å². The van der Waals surface area contributed by atoms with Crippen LogP contribution < -0.4 is 0 Å². The van der Waals surface area contributed by atoms with Crippen LogP contribution in [-0.4, -0.2) is 15.0 Å². The van der Waals surface area contributed by atoms with Gasteiger partial charge in [0.25, 0.3) is 0 Å². The Kier molecular flexibility index (Phi) is 1.75. The average Bonchev–Trinajstić information content (AvgIpc) is 2.78. The molecule has 0 amide bonds. The van der Waals surface area contributed by atoms with Crippen molar-refractivity contribution >= 4 is 10.9 Å². The van der Waals surface area contributed by atoms with Gasteiger partial charge in [-0.25, -0.2) is 9.97 Å². The van der Waals surface area contributed by atoms with Crippen molar-refractivity contribution in [2.24, 2.45) is 0 Å². The maximum absolute atomic E-state index is 4.25. The van der Waals surface area contributed by atoms with Crippen molar-refractivity contribution in [3.05, 3.63) is 48.9 Å². The van der Waals surface area contributed by atoms with Crippen molar-refractivity contribution in [2.45, 2.75) is 0 Å². The van der Waals surface area contributed by atoms with E-state index in [1.807, 2.05) is 36.5 Å². The molecule has 0 fully saturated rings. The van der Waals surface area contributed by atoms with Crippen molar-refractivity contribution < 1.29 is 0 Å². The summed E-state index contributed by atoms with van der Waals surface area (Å²) in [5.41, 5.74) is 2.18. The van der Waals surface area contributed by atoms with Gasteiger partial charge >= 0.3 is 0 Å². The Bertz CT molecular complexity index is 584. The number of nitrogens with zero attached hydrogens (tertiary/aromatic N) is 2. The van der Waals surface area contributed by atoms with E-state index in [9.17, 15) is 0 Å². The quantitative estimate of drug-likeness (QED) is 0.648. The molecule has 1 N–H and O–H groups in total. The highest BCUT2D eigenvalue weighted by Crippen LogP contribution is 2.24. The average molecular weight is 195 g/mol. The highest BCUT2D eigenvalue weighted by molar-refractivity contribution is 5.93. The van der Waals surface area contributed by atoms with Crippen LogP contribution in [0.1, 0.15) is 0 Å². The monoisotopic (exact) mass is 195 g/mol. The van der Waals surface area contributed by atoms with E-state index in [0.29, 0.717) is 0 Å². The third-order valence-corrected chi connectivity index (χ3v) is 2.40. The Morgan fingerprint density at radius 1 is 0.933 bits per heavy atom. The number of fused-ring (bicyclic) bond motifs is 1. The Morgan fingerprint density at radius 3 is 2.67 bits per heavy atom. The molecule has 0 aliphatic rings. The summed E-state index contributed by atoms with van der Waals surface area (Å²) < 4.78 is 0. The molecule has 15 heavy (non-hydrogen) atoms. The molecule has 3 rings (SSSR count). The van der Waals surface area contributed by atoms with Gasteiger partial charge in [0.05, 0.1) is 0 Å². The molecule has 3 heteroatoms. The summed E-state index contributed by atoms with van der Waals surface area (Å²) in [4.78, 5) is 11.7. The van der Waals surface area contributed by atoms with Crippen molar-refractivity contribution in [3.63, 3.8) is 0 Å². The van der Waals surface area contributed by atoms with Crippen molar-refractivity contribution in [2.75, 3.05) is 0 Å². The molecule has 0 aliphatic heterocycles. The van der Waals surface area contributed by atoms with Gasteiger partial charge in [-0.2, -0.15) is 0 Å². The Labute approximate surface area is 86.8 Å². The van der Waals surface area contributed by atoms with Gasteiger partial charge in [0.1, 0.15) is 0 Å². The van der Waals surface area contributed by atoms with E-state index in [4.69, 9.17) is 0 Å². The summed E-state index contributed by atoms with van der Waals surface area (Å²) in [6.07, 6.45) is 5.44. The number of aromatic amines is 1. The second-order valence-electron chi connectivity index (χ2n) is 3.32. The van der Waals surface area contributed by atoms with Gasteiger partial charge in [-0.15, -0.1) is 0 Å². The first-order valence-corrected chi connectivity index (χ1v) is 4.78. The van der Waals surface area contributed by atoms with E-state index in [-0.39, 0.29) is 0 Å². The van der Waals surface area contributed by atoms with Gasteiger partial charge in [0, 0.05) is 35.1 Å².